The van der Waals surface area contributed by atoms with Gasteiger partial charge in [-0.1, -0.05) is 43.8 Å². The Hall–Kier alpha value is -2.13. The summed E-state index contributed by atoms with van der Waals surface area (Å²) in [5, 5.41) is 0.833. The quantitative estimate of drug-likeness (QED) is 0.775. The van der Waals surface area contributed by atoms with Crippen molar-refractivity contribution in [1.29, 1.82) is 0 Å². The molecule has 0 spiro atoms. The third-order valence-corrected chi connectivity index (χ3v) is 3.46. The number of rotatable bonds is 5. The van der Waals surface area contributed by atoms with E-state index in [0.717, 1.165) is 6.42 Å². The van der Waals surface area contributed by atoms with Gasteiger partial charge in [-0.2, -0.15) is 0 Å². The summed E-state index contributed by atoms with van der Waals surface area (Å²) in [6.45, 7) is 9.48. The Morgan fingerprint density at radius 1 is 1.43 bits per heavy atom. The zero-order valence-electron chi connectivity index (χ0n) is 12.0. The van der Waals surface area contributed by atoms with Crippen LogP contribution in [0.2, 0.25) is 5.02 Å². The first-order chi connectivity index (χ1) is 10.1. The van der Waals surface area contributed by atoms with E-state index in [1.54, 1.807) is 41.0 Å². The number of nitrogens with zero attached hydrogens (tertiary/aromatic N) is 2. The van der Waals surface area contributed by atoms with Crippen molar-refractivity contribution in [3.8, 4) is 0 Å². The lowest BCUT2D eigenvalue weighted by atomic mass is 10.2. The van der Waals surface area contributed by atoms with Crippen molar-refractivity contribution in [2.24, 2.45) is 0 Å². The molecule has 21 heavy (non-hydrogen) atoms. The van der Waals surface area contributed by atoms with Gasteiger partial charge in [-0.3, -0.25) is 9.36 Å². The normalized spacial score (nSPS) is 11.6. The van der Waals surface area contributed by atoms with Crippen molar-refractivity contribution in [1.82, 2.24) is 9.55 Å². The molecule has 0 bridgehead atoms. The maximum absolute atomic E-state index is 12.8. The van der Waals surface area contributed by atoms with Gasteiger partial charge in [-0.25, -0.2) is 4.98 Å². The molecule has 1 heterocycles. The van der Waals surface area contributed by atoms with Gasteiger partial charge in [0.05, 0.1) is 15.9 Å². The fraction of sp³-hybridized carbons (Fsp3) is 0.176. The van der Waals surface area contributed by atoms with Gasteiger partial charge >= 0.3 is 0 Å². The van der Waals surface area contributed by atoms with E-state index in [1.165, 1.54) is 0 Å². The Labute approximate surface area is 128 Å². The predicted molar refractivity (Wildman–Crippen MR) is 89.7 cm³/mol. The van der Waals surface area contributed by atoms with Crippen LogP contribution in [0.3, 0.4) is 0 Å². The van der Waals surface area contributed by atoms with Crippen LogP contribution < -0.4 is 5.56 Å². The zero-order valence-corrected chi connectivity index (χ0v) is 12.7. The molecule has 0 atom stereocenters. The summed E-state index contributed by atoms with van der Waals surface area (Å²) >= 11 is 6.17. The molecule has 2 rings (SSSR count). The second-order valence-corrected chi connectivity index (χ2v) is 4.99. The number of allylic oxidation sites excluding steroid dienone is 4. The Kier molecular flexibility index (Phi) is 4.76. The fourth-order valence-corrected chi connectivity index (χ4v) is 2.50. The first kappa shape index (κ1) is 15.3. The van der Waals surface area contributed by atoms with Gasteiger partial charge in [-0.05, 0) is 30.7 Å². The maximum Gasteiger partial charge on any atom is 0.267 e. The minimum atomic E-state index is -0.179. The lowest BCUT2D eigenvalue weighted by molar-refractivity contribution is 0.786. The third kappa shape index (κ3) is 2.83. The standard InChI is InChI=1S/C17H17ClN2O/c1-4-8-12(6-3)20-15(9-5-2)19-14-11-7-10-13(18)16(14)17(20)21/h4,6-8,10-11H,1,3,5,9H2,2H3/b12-8+. The summed E-state index contributed by atoms with van der Waals surface area (Å²) in [5.74, 6) is 0.699. The highest BCUT2D eigenvalue weighted by Gasteiger charge is 2.14. The van der Waals surface area contributed by atoms with Crippen molar-refractivity contribution in [3.63, 3.8) is 0 Å². The molecule has 0 saturated heterocycles. The second-order valence-electron chi connectivity index (χ2n) is 4.58. The van der Waals surface area contributed by atoms with Crippen LogP contribution in [0.25, 0.3) is 16.6 Å². The molecule has 0 N–H and O–H groups in total. The molecule has 1 aromatic heterocycles. The van der Waals surface area contributed by atoms with Gasteiger partial charge in [0.15, 0.2) is 0 Å². The summed E-state index contributed by atoms with van der Waals surface area (Å²) in [5.41, 5.74) is 1.09. The molecule has 0 aliphatic carbocycles. The van der Waals surface area contributed by atoms with Crippen molar-refractivity contribution in [2.45, 2.75) is 19.8 Å². The van der Waals surface area contributed by atoms with E-state index in [-0.39, 0.29) is 5.56 Å². The molecule has 0 unspecified atom stereocenters. The van der Waals surface area contributed by atoms with E-state index in [0.29, 0.717) is 33.9 Å². The minimum absolute atomic E-state index is 0.179. The first-order valence-electron chi connectivity index (χ1n) is 6.79. The topological polar surface area (TPSA) is 34.9 Å². The highest BCUT2D eigenvalue weighted by Crippen LogP contribution is 2.20. The molecule has 0 radical (unpaired) electrons. The smallest absolute Gasteiger partial charge is 0.267 e. The van der Waals surface area contributed by atoms with E-state index in [4.69, 9.17) is 11.6 Å². The Morgan fingerprint density at radius 2 is 2.19 bits per heavy atom. The van der Waals surface area contributed by atoms with E-state index >= 15 is 0 Å². The largest absolute Gasteiger partial charge is 0.268 e. The Morgan fingerprint density at radius 3 is 2.81 bits per heavy atom. The van der Waals surface area contributed by atoms with Crippen LogP contribution in [0.4, 0.5) is 0 Å². The number of halogens is 1. The van der Waals surface area contributed by atoms with Crippen molar-refractivity contribution < 1.29 is 0 Å². The summed E-state index contributed by atoms with van der Waals surface area (Å²) < 4.78 is 1.56. The SMILES string of the molecule is C=C/C=C(\C=C)n1c(CCC)nc2cccc(Cl)c2c1=O. The monoisotopic (exact) mass is 300 g/mol. The summed E-state index contributed by atoms with van der Waals surface area (Å²) in [7, 11) is 0. The molecule has 0 fully saturated rings. The van der Waals surface area contributed by atoms with E-state index in [1.807, 2.05) is 6.92 Å². The summed E-state index contributed by atoms with van der Waals surface area (Å²) in [6.07, 6.45) is 6.55. The highest BCUT2D eigenvalue weighted by molar-refractivity contribution is 6.35. The van der Waals surface area contributed by atoms with E-state index in [9.17, 15) is 4.79 Å². The lowest BCUT2D eigenvalue weighted by Crippen LogP contribution is -2.24. The lowest BCUT2D eigenvalue weighted by Gasteiger charge is -2.14. The van der Waals surface area contributed by atoms with Gasteiger partial charge in [0.1, 0.15) is 5.82 Å². The van der Waals surface area contributed by atoms with Crippen LogP contribution in [0.15, 0.2) is 54.4 Å². The fourth-order valence-electron chi connectivity index (χ4n) is 2.25. The highest BCUT2D eigenvalue weighted by atomic mass is 35.5. The zero-order chi connectivity index (χ0) is 15.4. The number of benzene rings is 1. The summed E-state index contributed by atoms with van der Waals surface area (Å²) in [4.78, 5) is 17.4. The van der Waals surface area contributed by atoms with Crippen LogP contribution in [0.5, 0.6) is 0 Å². The van der Waals surface area contributed by atoms with Gasteiger partial charge in [0.2, 0.25) is 0 Å². The molecule has 3 nitrogen and oxygen atoms in total. The Bertz CT molecular complexity index is 787. The average Bonchev–Trinajstić information content (AvgIpc) is 2.46. The molecule has 0 amide bonds. The predicted octanol–water partition coefficient (Wildman–Crippen LogP) is 4.22. The Balaban J connectivity index is 2.92. The molecule has 4 heteroatoms. The van der Waals surface area contributed by atoms with Crippen molar-refractivity contribution in [2.75, 3.05) is 0 Å². The van der Waals surface area contributed by atoms with Crippen LogP contribution in [0.1, 0.15) is 19.2 Å². The summed E-state index contributed by atoms with van der Waals surface area (Å²) in [6, 6.07) is 5.30. The minimum Gasteiger partial charge on any atom is -0.268 e. The maximum atomic E-state index is 12.8. The molecule has 1 aromatic carbocycles. The molecule has 108 valence electrons. The molecular weight excluding hydrogens is 284 g/mol. The molecule has 0 aliphatic heterocycles. The van der Waals surface area contributed by atoms with E-state index < -0.39 is 0 Å². The molecular formula is C17H17ClN2O. The van der Waals surface area contributed by atoms with Crippen molar-refractivity contribution in [3.05, 3.63) is 70.8 Å². The third-order valence-electron chi connectivity index (χ3n) is 3.15. The van der Waals surface area contributed by atoms with Crippen LogP contribution in [-0.2, 0) is 6.42 Å². The van der Waals surface area contributed by atoms with Gasteiger partial charge in [0.25, 0.3) is 5.56 Å². The molecule has 0 saturated carbocycles. The molecule has 2 aromatic rings. The number of fused-ring (bicyclic) bond motifs is 1. The van der Waals surface area contributed by atoms with Gasteiger partial charge < -0.3 is 0 Å². The number of aromatic nitrogens is 2. The number of aryl methyl sites for hydroxylation is 1. The average molecular weight is 301 g/mol. The van der Waals surface area contributed by atoms with Crippen LogP contribution in [0, 0.1) is 0 Å². The second kappa shape index (κ2) is 6.55. The number of hydrogen-bond acceptors (Lipinski definition) is 2. The van der Waals surface area contributed by atoms with Crippen LogP contribution in [-0.4, -0.2) is 9.55 Å². The van der Waals surface area contributed by atoms with Gasteiger partial charge in [0, 0.05) is 12.1 Å². The van der Waals surface area contributed by atoms with Crippen molar-refractivity contribution >= 4 is 28.2 Å². The first-order valence-corrected chi connectivity index (χ1v) is 7.17. The van der Waals surface area contributed by atoms with Gasteiger partial charge in [-0.15, -0.1) is 0 Å². The molecule has 0 aliphatic rings. The van der Waals surface area contributed by atoms with Crippen LogP contribution >= 0.6 is 11.6 Å². The van der Waals surface area contributed by atoms with E-state index in [2.05, 4.69) is 18.1 Å². The number of hydrogen-bond donors (Lipinski definition) is 0.